The van der Waals surface area contributed by atoms with E-state index in [0.717, 1.165) is 23.7 Å². The van der Waals surface area contributed by atoms with E-state index >= 15 is 0 Å². The SMILES string of the molecule is CC(C)Nc1nc(C#N)cc2cnc(NC3CCC(N(C)C)CC3)nc12. The highest BCUT2D eigenvalue weighted by molar-refractivity contribution is 5.89. The summed E-state index contributed by atoms with van der Waals surface area (Å²) in [5, 5.41) is 16.8. The van der Waals surface area contributed by atoms with Crippen molar-refractivity contribution in [2.24, 2.45) is 0 Å². The van der Waals surface area contributed by atoms with E-state index in [-0.39, 0.29) is 6.04 Å². The van der Waals surface area contributed by atoms with Gasteiger partial charge in [0.15, 0.2) is 5.82 Å². The third-order valence-corrected chi connectivity index (χ3v) is 4.87. The van der Waals surface area contributed by atoms with E-state index in [1.54, 1.807) is 12.3 Å². The zero-order valence-electron chi connectivity index (χ0n) is 16.0. The Bertz CT molecular complexity index is 801. The van der Waals surface area contributed by atoms with Gasteiger partial charge in [-0.3, -0.25) is 0 Å². The second-order valence-electron chi connectivity index (χ2n) is 7.51. The molecule has 0 aliphatic heterocycles. The number of nitrogens with one attached hydrogen (secondary N) is 2. The number of nitriles is 1. The van der Waals surface area contributed by atoms with Crippen LogP contribution in [0.15, 0.2) is 12.3 Å². The fourth-order valence-electron chi connectivity index (χ4n) is 3.46. The predicted octanol–water partition coefficient (Wildman–Crippen LogP) is 3.00. The average Bonchev–Trinajstić information content (AvgIpc) is 2.62. The van der Waals surface area contributed by atoms with Gasteiger partial charge in [-0.2, -0.15) is 5.26 Å². The Balaban J connectivity index is 1.81. The lowest BCUT2D eigenvalue weighted by molar-refractivity contribution is 0.221. The zero-order valence-corrected chi connectivity index (χ0v) is 16.0. The van der Waals surface area contributed by atoms with Crippen molar-refractivity contribution >= 4 is 22.7 Å². The average molecular weight is 353 g/mol. The fourth-order valence-corrected chi connectivity index (χ4v) is 3.46. The summed E-state index contributed by atoms with van der Waals surface area (Å²) in [4.78, 5) is 15.8. The summed E-state index contributed by atoms with van der Waals surface area (Å²) in [6, 6.07) is 5.10. The largest absolute Gasteiger partial charge is 0.366 e. The topological polar surface area (TPSA) is 89.8 Å². The number of anilines is 2. The molecule has 0 radical (unpaired) electrons. The van der Waals surface area contributed by atoms with Crippen LogP contribution in [0.1, 0.15) is 45.2 Å². The summed E-state index contributed by atoms with van der Waals surface area (Å²) in [5.74, 6) is 1.26. The van der Waals surface area contributed by atoms with Gasteiger partial charge in [-0.1, -0.05) is 0 Å². The lowest BCUT2D eigenvalue weighted by atomic mass is 9.91. The molecule has 1 fully saturated rings. The van der Waals surface area contributed by atoms with Gasteiger partial charge in [0.2, 0.25) is 5.95 Å². The second kappa shape index (κ2) is 7.83. The van der Waals surface area contributed by atoms with E-state index in [0.29, 0.717) is 29.5 Å². The minimum absolute atomic E-state index is 0.201. The molecule has 2 aromatic rings. The van der Waals surface area contributed by atoms with Crippen LogP contribution in [0.2, 0.25) is 0 Å². The molecule has 7 heteroatoms. The molecule has 0 unspecified atom stereocenters. The summed E-state index contributed by atoms with van der Waals surface area (Å²) in [6.45, 7) is 4.08. The smallest absolute Gasteiger partial charge is 0.223 e. The van der Waals surface area contributed by atoms with E-state index in [1.807, 2.05) is 13.8 Å². The summed E-state index contributed by atoms with van der Waals surface area (Å²) < 4.78 is 0. The van der Waals surface area contributed by atoms with Gasteiger partial charge in [-0.15, -0.1) is 0 Å². The van der Waals surface area contributed by atoms with Crippen LogP contribution in [0.25, 0.3) is 10.9 Å². The van der Waals surface area contributed by atoms with Crippen LogP contribution in [0, 0.1) is 11.3 Å². The number of nitrogens with zero attached hydrogens (tertiary/aromatic N) is 5. The van der Waals surface area contributed by atoms with Crippen LogP contribution in [-0.4, -0.2) is 52.1 Å². The van der Waals surface area contributed by atoms with Gasteiger partial charge in [0.1, 0.15) is 17.3 Å². The van der Waals surface area contributed by atoms with E-state index in [9.17, 15) is 5.26 Å². The van der Waals surface area contributed by atoms with Crippen LogP contribution in [-0.2, 0) is 0 Å². The molecule has 2 heterocycles. The highest BCUT2D eigenvalue weighted by atomic mass is 15.1. The van der Waals surface area contributed by atoms with Crippen LogP contribution in [0.4, 0.5) is 11.8 Å². The summed E-state index contributed by atoms with van der Waals surface area (Å²) >= 11 is 0. The molecule has 0 atom stereocenters. The molecule has 7 nitrogen and oxygen atoms in total. The molecule has 2 aromatic heterocycles. The molecule has 1 saturated carbocycles. The van der Waals surface area contributed by atoms with Gasteiger partial charge >= 0.3 is 0 Å². The van der Waals surface area contributed by atoms with Crippen LogP contribution in [0.5, 0.6) is 0 Å². The Morgan fingerprint density at radius 3 is 2.54 bits per heavy atom. The number of hydrogen-bond acceptors (Lipinski definition) is 7. The highest BCUT2D eigenvalue weighted by Gasteiger charge is 2.23. The third kappa shape index (κ3) is 4.20. The van der Waals surface area contributed by atoms with Crippen LogP contribution in [0.3, 0.4) is 0 Å². The van der Waals surface area contributed by atoms with Crippen molar-refractivity contribution in [1.82, 2.24) is 19.9 Å². The first-order chi connectivity index (χ1) is 12.5. The minimum atomic E-state index is 0.201. The molecule has 26 heavy (non-hydrogen) atoms. The zero-order chi connectivity index (χ0) is 18.7. The maximum absolute atomic E-state index is 9.19. The Kier molecular flexibility index (Phi) is 5.52. The minimum Gasteiger partial charge on any atom is -0.366 e. The predicted molar refractivity (Wildman–Crippen MR) is 104 cm³/mol. The van der Waals surface area contributed by atoms with Crippen LogP contribution >= 0.6 is 0 Å². The molecule has 0 saturated heterocycles. The first-order valence-electron chi connectivity index (χ1n) is 9.23. The Morgan fingerprint density at radius 1 is 1.19 bits per heavy atom. The van der Waals surface area contributed by atoms with E-state index in [2.05, 4.69) is 50.6 Å². The molecule has 0 spiro atoms. The number of hydrogen-bond donors (Lipinski definition) is 2. The molecule has 0 amide bonds. The Labute approximate surface area is 154 Å². The van der Waals surface area contributed by atoms with Gasteiger partial charge in [0.25, 0.3) is 0 Å². The summed E-state index contributed by atoms with van der Waals surface area (Å²) in [7, 11) is 4.30. The first kappa shape index (κ1) is 18.3. The molecule has 2 N–H and O–H groups in total. The maximum atomic E-state index is 9.19. The quantitative estimate of drug-likeness (QED) is 0.854. The first-order valence-corrected chi connectivity index (χ1v) is 9.23. The van der Waals surface area contributed by atoms with E-state index < -0.39 is 0 Å². The molecular weight excluding hydrogens is 326 g/mol. The normalized spacial score (nSPS) is 20.3. The van der Waals surface area contributed by atoms with Crippen molar-refractivity contribution < 1.29 is 0 Å². The van der Waals surface area contributed by atoms with E-state index in [1.165, 1.54) is 12.8 Å². The van der Waals surface area contributed by atoms with Crippen molar-refractivity contribution in [2.45, 2.75) is 57.7 Å². The lowest BCUT2D eigenvalue weighted by Gasteiger charge is -2.32. The standard InChI is InChI=1S/C19H27N7/c1-12(2)22-18-17-13(9-15(10-20)23-18)11-21-19(25-17)24-14-5-7-16(8-6-14)26(3)4/h9,11-12,14,16H,5-8H2,1-4H3,(H,22,23)(H,21,24,25). The van der Waals surface area contributed by atoms with Crippen molar-refractivity contribution in [3.05, 3.63) is 18.0 Å². The molecule has 1 aliphatic carbocycles. The third-order valence-electron chi connectivity index (χ3n) is 4.87. The van der Waals surface area contributed by atoms with Crippen molar-refractivity contribution in [2.75, 3.05) is 24.7 Å². The Morgan fingerprint density at radius 2 is 1.92 bits per heavy atom. The fraction of sp³-hybridized carbons (Fsp3) is 0.579. The van der Waals surface area contributed by atoms with Gasteiger partial charge in [-0.05, 0) is 59.7 Å². The van der Waals surface area contributed by atoms with Crippen LogP contribution < -0.4 is 10.6 Å². The second-order valence-corrected chi connectivity index (χ2v) is 7.51. The molecule has 3 rings (SSSR count). The summed E-state index contributed by atoms with van der Waals surface area (Å²) in [5.41, 5.74) is 1.11. The molecule has 138 valence electrons. The van der Waals surface area contributed by atoms with Gasteiger partial charge < -0.3 is 15.5 Å². The molecule has 0 aromatic carbocycles. The number of fused-ring (bicyclic) bond motifs is 1. The number of aromatic nitrogens is 3. The monoisotopic (exact) mass is 353 g/mol. The molecule has 0 bridgehead atoms. The highest BCUT2D eigenvalue weighted by Crippen LogP contribution is 2.26. The van der Waals surface area contributed by atoms with Crippen molar-refractivity contribution in [3.8, 4) is 6.07 Å². The molecule has 1 aliphatic rings. The number of pyridine rings is 1. The van der Waals surface area contributed by atoms with E-state index in [4.69, 9.17) is 0 Å². The number of rotatable bonds is 5. The summed E-state index contributed by atoms with van der Waals surface area (Å²) in [6.07, 6.45) is 6.38. The maximum Gasteiger partial charge on any atom is 0.223 e. The Hall–Kier alpha value is -2.46. The van der Waals surface area contributed by atoms with Crippen molar-refractivity contribution in [1.29, 1.82) is 5.26 Å². The molecular formula is C19H27N7. The van der Waals surface area contributed by atoms with Gasteiger partial charge in [0.05, 0.1) is 0 Å². The van der Waals surface area contributed by atoms with Gasteiger partial charge in [0, 0.05) is 29.7 Å². The lowest BCUT2D eigenvalue weighted by Crippen LogP contribution is -2.36. The van der Waals surface area contributed by atoms with Gasteiger partial charge in [-0.25, -0.2) is 15.0 Å². The van der Waals surface area contributed by atoms with Crippen molar-refractivity contribution in [3.63, 3.8) is 0 Å².